The number of nitriles is 1. The van der Waals surface area contributed by atoms with Crippen molar-refractivity contribution >= 4 is 18.0 Å². The van der Waals surface area contributed by atoms with Crippen LogP contribution in [0.4, 0.5) is 4.79 Å². The Morgan fingerprint density at radius 2 is 2.46 bits per heavy atom. The maximum absolute atomic E-state index is 10.8. The van der Waals surface area contributed by atoms with E-state index >= 15 is 0 Å². The van der Waals surface area contributed by atoms with Crippen LogP contribution < -0.4 is 5.32 Å². The summed E-state index contributed by atoms with van der Waals surface area (Å²) in [4.78, 5) is 18.5. The third-order valence-corrected chi connectivity index (χ3v) is 0.936. The van der Waals surface area contributed by atoms with E-state index in [9.17, 15) is 4.79 Å². The number of hydrogen-bond donors (Lipinski definition) is 1. The molecule has 2 amide bonds. The van der Waals surface area contributed by atoms with Crippen molar-refractivity contribution in [3.05, 3.63) is 0 Å². The lowest BCUT2D eigenvalue weighted by Crippen LogP contribution is -2.19. The first kappa shape index (κ1) is 11.1. The summed E-state index contributed by atoms with van der Waals surface area (Å²) in [6, 6.07) is 1.18. The predicted molar refractivity (Wildman–Crippen MR) is 47.6 cm³/mol. The second kappa shape index (κ2) is 6.79. The molecule has 0 saturated heterocycles. The maximum atomic E-state index is 10.8. The zero-order chi connectivity index (χ0) is 10.1. The molecule has 0 unspecified atom stereocenters. The van der Waals surface area contributed by atoms with Crippen molar-refractivity contribution in [2.75, 3.05) is 13.7 Å². The molecule has 0 aromatic heterocycles. The second-order valence-corrected chi connectivity index (χ2v) is 1.86. The van der Waals surface area contributed by atoms with E-state index in [4.69, 9.17) is 5.26 Å². The van der Waals surface area contributed by atoms with E-state index in [2.05, 4.69) is 20.3 Å². The largest absolute Gasteiger partial charge is 0.398 e. The van der Waals surface area contributed by atoms with Crippen LogP contribution in [0.2, 0.25) is 0 Å². The number of hydrogen-bond acceptors (Lipinski definition) is 4. The van der Waals surface area contributed by atoms with Gasteiger partial charge in [0.25, 0.3) is 0 Å². The molecule has 70 valence electrons. The number of oxime groups is 1. The Morgan fingerprint density at radius 3 is 2.92 bits per heavy atom. The quantitative estimate of drug-likeness (QED) is 0.503. The van der Waals surface area contributed by atoms with Crippen molar-refractivity contribution in [1.82, 2.24) is 5.32 Å². The molecule has 0 aromatic carbocycles. The van der Waals surface area contributed by atoms with E-state index in [-0.39, 0.29) is 5.71 Å². The maximum Gasteiger partial charge on any atom is 0.340 e. The number of rotatable bonds is 3. The normalized spacial score (nSPS) is 11.0. The van der Waals surface area contributed by atoms with Gasteiger partial charge in [0.15, 0.2) is 5.71 Å². The topological polar surface area (TPSA) is 86.8 Å². The molecule has 6 nitrogen and oxygen atoms in total. The molecule has 0 spiro atoms. The SMILES string of the molecule is CCNC(=O)N=CC(C#N)=NOC. The molecule has 0 atom stereocenters. The van der Waals surface area contributed by atoms with Gasteiger partial charge >= 0.3 is 6.03 Å². The highest BCUT2D eigenvalue weighted by Gasteiger charge is 1.95. The van der Waals surface area contributed by atoms with Gasteiger partial charge in [-0.15, -0.1) is 0 Å². The van der Waals surface area contributed by atoms with Crippen LogP contribution >= 0.6 is 0 Å². The fourth-order valence-electron chi connectivity index (χ4n) is 0.488. The summed E-state index contributed by atoms with van der Waals surface area (Å²) in [5.74, 6) is 0. The Kier molecular flexibility index (Phi) is 5.80. The summed E-state index contributed by atoms with van der Waals surface area (Å²) in [6.07, 6.45) is 1.04. The molecule has 0 fully saturated rings. The number of aliphatic imine (C=N–C) groups is 1. The lowest BCUT2D eigenvalue weighted by molar-refractivity contribution is 0.215. The Morgan fingerprint density at radius 1 is 1.77 bits per heavy atom. The van der Waals surface area contributed by atoms with Crippen molar-refractivity contribution in [3.63, 3.8) is 0 Å². The minimum absolute atomic E-state index is 0.0613. The Labute approximate surface area is 75.9 Å². The first-order valence-electron chi connectivity index (χ1n) is 3.57. The summed E-state index contributed by atoms with van der Waals surface area (Å²) in [5.41, 5.74) is -0.0613. The van der Waals surface area contributed by atoms with Crippen LogP contribution in [0.25, 0.3) is 0 Å². The average molecular weight is 182 g/mol. The van der Waals surface area contributed by atoms with Crippen molar-refractivity contribution in [2.24, 2.45) is 10.1 Å². The average Bonchev–Trinajstić information content (AvgIpc) is 2.12. The number of carbonyl (C=O) groups is 1. The first-order valence-corrected chi connectivity index (χ1v) is 3.57. The van der Waals surface area contributed by atoms with Gasteiger partial charge in [-0.25, -0.2) is 4.79 Å². The van der Waals surface area contributed by atoms with Crippen LogP contribution in [0.5, 0.6) is 0 Å². The fourth-order valence-corrected chi connectivity index (χ4v) is 0.488. The lowest BCUT2D eigenvalue weighted by atomic mass is 10.5. The Bertz CT molecular complexity index is 264. The van der Waals surface area contributed by atoms with Gasteiger partial charge in [0.1, 0.15) is 13.2 Å². The van der Waals surface area contributed by atoms with Crippen molar-refractivity contribution in [2.45, 2.75) is 6.92 Å². The number of carbonyl (C=O) groups excluding carboxylic acids is 1. The van der Waals surface area contributed by atoms with Gasteiger partial charge < -0.3 is 10.2 Å². The van der Waals surface area contributed by atoms with Crippen LogP contribution in [0, 0.1) is 11.3 Å². The van der Waals surface area contributed by atoms with Gasteiger partial charge in [-0.3, -0.25) is 0 Å². The van der Waals surface area contributed by atoms with E-state index in [1.54, 1.807) is 13.0 Å². The van der Waals surface area contributed by atoms with E-state index < -0.39 is 6.03 Å². The summed E-state index contributed by atoms with van der Waals surface area (Å²) < 4.78 is 0. The van der Waals surface area contributed by atoms with Gasteiger partial charge in [-0.2, -0.15) is 10.3 Å². The van der Waals surface area contributed by atoms with E-state index in [1.165, 1.54) is 7.11 Å². The van der Waals surface area contributed by atoms with E-state index in [1.807, 2.05) is 0 Å². The number of amides is 2. The van der Waals surface area contributed by atoms with Gasteiger partial charge in [0.05, 0.1) is 6.21 Å². The van der Waals surface area contributed by atoms with Crippen molar-refractivity contribution < 1.29 is 9.63 Å². The molecule has 0 heterocycles. The van der Waals surface area contributed by atoms with Crippen molar-refractivity contribution in [1.29, 1.82) is 5.26 Å². The first-order chi connectivity index (χ1) is 6.24. The van der Waals surface area contributed by atoms with Gasteiger partial charge in [-0.05, 0) is 6.92 Å². The summed E-state index contributed by atoms with van der Waals surface area (Å²) in [5, 5.41) is 14.1. The molecule has 0 radical (unpaired) electrons. The molecule has 13 heavy (non-hydrogen) atoms. The molecule has 0 aliphatic rings. The Hall–Kier alpha value is -1.90. The molecule has 0 aliphatic carbocycles. The van der Waals surface area contributed by atoms with Gasteiger partial charge in [0.2, 0.25) is 0 Å². The number of nitrogens with one attached hydrogen (secondary N) is 1. The smallest absolute Gasteiger partial charge is 0.340 e. The fraction of sp³-hybridized carbons (Fsp3) is 0.429. The van der Waals surface area contributed by atoms with Gasteiger partial charge in [-0.1, -0.05) is 5.16 Å². The Balaban J connectivity index is 4.17. The number of urea groups is 1. The standard InChI is InChI=1S/C7H10N4O2/c1-3-9-7(12)10-5-6(4-8)11-13-2/h5H,3H2,1-2H3,(H,9,12). The minimum atomic E-state index is -0.512. The summed E-state index contributed by atoms with van der Waals surface area (Å²) in [6.45, 7) is 2.25. The van der Waals surface area contributed by atoms with E-state index in [0.717, 1.165) is 6.21 Å². The zero-order valence-electron chi connectivity index (χ0n) is 7.44. The lowest BCUT2D eigenvalue weighted by Gasteiger charge is -1.92. The van der Waals surface area contributed by atoms with Gasteiger partial charge in [0, 0.05) is 6.54 Å². The molecule has 1 N–H and O–H groups in total. The highest BCUT2D eigenvalue weighted by Crippen LogP contribution is 1.77. The molecular weight excluding hydrogens is 172 g/mol. The minimum Gasteiger partial charge on any atom is -0.398 e. The molecule has 0 saturated carbocycles. The van der Waals surface area contributed by atoms with Crippen molar-refractivity contribution in [3.8, 4) is 6.07 Å². The third kappa shape index (κ3) is 5.38. The third-order valence-electron chi connectivity index (χ3n) is 0.936. The van der Waals surface area contributed by atoms with Crippen LogP contribution in [-0.4, -0.2) is 31.6 Å². The van der Waals surface area contributed by atoms with Crippen LogP contribution in [0.1, 0.15) is 6.92 Å². The molecule has 0 bridgehead atoms. The molecule has 0 aliphatic heterocycles. The zero-order valence-corrected chi connectivity index (χ0v) is 7.44. The molecular formula is C7H10N4O2. The van der Waals surface area contributed by atoms with Crippen LogP contribution in [0.15, 0.2) is 10.1 Å². The monoisotopic (exact) mass is 182 g/mol. The van der Waals surface area contributed by atoms with Crippen LogP contribution in [-0.2, 0) is 4.84 Å². The number of nitrogens with zero attached hydrogens (tertiary/aromatic N) is 3. The molecule has 0 aromatic rings. The molecule has 6 heteroatoms. The highest BCUT2D eigenvalue weighted by molar-refractivity contribution is 6.38. The second-order valence-electron chi connectivity index (χ2n) is 1.86. The predicted octanol–water partition coefficient (Wildman–Crippen LogP) is 0.313. The molecule has 0 rings (SSSR count). The highest BCUT2D eigenvalue weighted by atomic mass is 16.6. The van der Waals surface area contributed by atoms with Crippen LogP contribution in [0.3, 0.4) is 0 Å². The summed E-state index contributed by atoms with van der Waals surface area (Å²) >= 11 is 0. The van der Waals surface area contributed by atoms with E-state index in [0.29, 0.717) is 6.54 Å². The summed E-state index contributed by atoms with van der Waals surface area (Å²) in [7, 11) is 1.30.